The Morgan fingerprint density at radius 3 is 2.38 bits per heavy atom. The summed E-state index contributed by atoms with van der Waals surface area (Å²) in [6, 6.07) is 22.3. The molecule has 2 aromatic rings. The van der Waals surface area contributed by atoms with Gasteiger partial charge in [0.1, 0.15) is 0 Å². The molecule has 3 rings (SSSR count). The van der Waals surface area contributed by atoms with Gasteiger partial charge in [0, 0.05) is 19.1 Å². The lowest BCUT2D eigenvalue weighted by Gasteiger charge is -2.22. The lowest BCUT2D eigenvalue weighted by Crippen LogP contribution is -2.36. The van der Waals surface area contributed by atoms with E-state index in [2.05, 4.69) is 77.8 Å². The summed E-state index contributed by atoms with van der Waals surface area (Å²) in [7, 11) is 0. The fourth-order valence-electron chi connectivity index (χ4n) is 3.69. The summed E-state index contributed by atoms with van der Waals surface area (Å²) >= 11 is 0. The summed E-state index contributed by atoms with van der Waals surface area (Å²) in [4.78, 5) is 2.60. The first-order valence-corrected chi connectivity index (χ1v) is 9.35. The molecule has 0 aromatic heterocycles. The number of likely N-dealkylation sites (tertiary alicyclic amines) is 1. The zero-order valence-electron chi connectivity index (χ0n) is 14.8. The molecule has 1 aliphatic rings. The Kier molecular flexibility index (Phi) is 6.45. The molecule has 0 radical (unpaired) electrons. The topological polar surface area (TPSA) is 15.3 Å². The van der Waals surface area contributed by atoms with Gasteiger partial charge in [0.25, 0.3) is 0 Å². The van der Waals surface area contributed by atoms with Crippen molar-refractivity contribution in [1.29, 1.82) is 0 Å². The van der Waals surface area contributed by atoms with Crippen LogP contribution in [0, 0.1) is 5.92 Å². The molecule has 0 saturated carbocycles. The van der Waals surface area contributed by atoms with Crippen molar-refractivity contribution < 1.29 is 0 Å². The minimum absolute atomic E-state index is 0.613. The normalized spacial score (nSPS) is 19.5. The van der Waals surface area contributed by atoms with Crippen LogP contribution in [0.1, 0.15) is 30.9 Å². The van der Waals surface area contributed by atoms with Gasteiger partial charge < -0.3 is 5.32 Å². The number of nitrogens with zero attached hydrogens (tertiary/aromatic N) is 1. The van der Waals surface area contributed by atoms with E-state index in [-0.39, 0.29) is 0 Å². The van der Waals surface area contributed by atoms with Crippen LogP contribution in [0.25, 0.3) is 0 Å². The van der Waals surface area contributed by atoms with Gasteiger partial charge in [0.2, 0.25) is 0 Å². The molecule has 1 fully saturated rings. The molecule has 2 atom stereocenters. The third kappa shape index (κ3) is 5.19. The third-order valence-corrected chi connectivity index (χ3v) is 5.22. The van der Waals surface area contributed by atoms with Crippen molar-refractivity contribution in [1.82, 2.24) is 10.2 Å². The molecule has 2 heteroatoms. The van der Waals surface area contributed by atoms with Gasteiger partial charge in [0.15, 0.2) is 0 Å². The molecule has 1 saturated heterocycles. The smallest absolute Gasteiger partial charge is 0.0233 e. The standard InChI is InChI=1S/C22H30N2/c1-19(23-15-8-13-20-9-4-2-5-10-20)22-14-16-24(18-22)17-21-11-6-3-7-12-21/h2-7,9-12,19,22-23H,8,13-18H2,1H3/t19-,22+/m0/s1. The number of nitrogens with one attached hydrogen (secondary N) is 1. The van der Waals surface area contributed by atoms with Crippen molar-refractivity contribution in [3.8, 4) is 0 Å². The van der Waals surface area contributed by atoms with Crippen molar-refractivity contribution in [3.63, 3.8) is 0 Å². The predicted molar refractivity (Wildman–Crippen MR) is 102 cm³/mol. The molecular weight excluding hydrogens is 292 g/mol. The molecular formula is C22H30N2. The van der Waals surface area contributed by atoms with E-state index in [0.717, 1.165) is 19.0 Å². The van der Waals surface area contributed by atoms with Gasteiger partial charge >= 0.3 is 0 Å². The summed E-state index contributed by atoms with van der Waals surface area (Å²) in [5.74, 6) is 0.783. The van der Waals surface area contributed by atoms with Crippen LogP contribution in [0.5, 0.6) is 0 Å². The van der Waals surface area contributed by atoms with Crippen molar-refractivity contribution in [2.45, 2.75) is 38.8 Å². The number of hydrogen-bond acceptors (Lipinski definition) is 2. The Morgan fingerprint density at radius 1 is 1.00 bits per heavy atom. The molecule has 24 heavy (non-hydrogen) atoms. The third-order valence-electron chi connectivity index (χ3n) is 5.22. The zero-order chi connectivity index (χ0) is 16.6. The second kappa shape index (κ2) is 9.00. The summed E-state index contributed by atoms with van der Waals surface area (Å²) in [5.41, 5.74) is 2.88. The van der Waals surface area contributed by atoms with Crippen LogP contribution < -0.4 is 5.32 Å². The van der Waals surface area contributed by atoms with E-state index < -0.39 is 0 Å². The second-order valence-electron chi connectivity index (χ2n) is 7.10. The fraction of sp³-hybridized carbons (Fsp3) is 0.455. The highest BCUT2D eigenvalue weighted by atomic mass is 15.2. The summed E-state index contributed by atoms with van der Waals surface area (Å²) in [6.07, 6.45) is 3.71. The Morgan fingerprint density at radius 2 is 1.67 bits per heavy atom. The van der Waals surface area contributed by atoms with Gasteiger partial charge in [-0.25, -0.2) is 0 Å². The average Bonchev–Trinajstić information content (AvgIpc) is 3.09. The first-order chi connectivity index (χ1) is 11.8. The van der Waals surface area contributed by atoms with Crippen LogP contribution in [-0.4, -0.2) is 30.6 Å². The second-order valence-corrected chi connectivity index (χ2v) is 7.10. The molecule has 0 unspecified atom stereocenters. The van der Waals surface area contributed by atoms with Gasteiger partial charge in [-0.1, -0.05) is 60.7 Å². The Balaban J connectivity index is 1.35. The van der Waals surface area contributed by atoms with Crippen LogP contribution in [0.3, 0.4) is 0 Å². The quantitative estimate of drug-likeness (QED) is 0.736. The Bertz CT molecular complexity index is 581. The average molecular weight is 322 g/mol. The fourth-order valence-corrected chi connectivity index (χ4v) is 3.69. The lowest BCUT2D eigenvalue weighted by molar-refractivity contribution is 0.297. The predicted octanol–water partition coefficient (Wildman–Crippen LogP) is 4.12. The number of rotatable bonds is 8. The maximum absolute atomic E-state index is 3.75. The molecule has 128 valence electrons. The van der Waals surface area contributed by atoms with E-state index in [1.54, 1.807) is 0 Å². The van der Waals surface area contributed by atoms with Gasteiger partial charge in [0.05, 0.1) is 0 Å². The summed E-state index contributed by atoms with van der Waals surface area (Å²) in [5, 5.41) is 3.75. The van der Waals surface area contributed by atoms with Crippen molar-refractivity contribution in [2.75, 3.05) is 19.6 Å². The Hall–Kier alpha value is -1.64. The van der Waals surface area contributed by atoms with E-state index in [4.69, 9.17) is 0 Å². The van der Waals surface area contributed by atoms with Gasteiger partial charge in [-0.15, -0.1) is 0 Å². The maximum Gasteiger partial charge on any atom is 0.0233 e. The molecule has 0 aliphatic carbocycles. The minimum atomic E-state index is 0.613. The van der Waals surface area contributed by atoms with E-state index in [1.165, 1.54) is 43.5 Å². The SMILES string of the molecule is C[C@H](NCCCc1ccccc1)[C@@H]1CCN(Cc2ccccc2)C1. The van der Waals surface area contributed by atoms with Crippen LogP contribution in [0.2, 0.25) is 0 Å². The van der Waals surface area contributed by atoms with Crippen molar-refractivity contribution >= 4 is 0 Å². The van der Waals surface area contributed by atoms with E-state index in [0.29, 0.717) is 6.04 Å². The molecule has 1 N–H and O–H groups in total. The maximum atomic E-state index is 3.75. The first-order valence-electron chi connectivity index (χ1n) is 9.35. The monoisotopic (exact) mass is 322 g/mol. The highest BCUT2D eigenvalue weighted by molar-refractivity contribution is 5.15. The number of hydrogen-bond donors (Lipinski definition) is 1. The van der Waals surface area contributed by atoms with E-state index >= 15 is 0 Å². The molecule has 1 heterocycles. The summed E-state index contributed by atoms with van der Waals surface area (Å²) < 4.78 is 0. The van der Waals surface area contributed by atoms with Crippen LogP contribution in [-0.2, 0) is 13.0 Å². The van der Waals surface area contributed by atoms with Gasteiger partial charge in [-0.2, -0.15) is 0 Å². The molecule has 1 aliphatic heterocycles. The van der Waals surface area contributed by atoms with Crippen LogP contribution >= 0.6 is 0 Å². The number of benzene rings is 2. The zero-order valence-corrected chi connectivity index (χ0v) is 14.8. The molecule has 2 nitrogen and oxygen atoms in total. The van der Waals surface area contributed by atoms with Crippen molar-refractivity contribution in [3.05, 3.63) is 71.8 Å². The highest BCUT2D eigenvalue weighted by Crippen LogP contribution is 2.21. The van der Waals surface area contributed by atoms with Crippen LogP contribution in [0.15, 0.2) is 60.7 Å². The van der Waals surface area contributed by atoms with Gasteiger partial charge in [-0.3, -0.25) is 4.90 Å². The summed E-state index contributed by atoms with van der Waals surface area (Å²) in [6.45, 7) is 7.03. The highest BCUT2D eigenvalue weighted by Gasteiger charge is 2.26. The van der Waals surface area contributed by atoms with Gasteiger partial charge in [-0.05, 0) is 56.3 Å². The van der Waals surface area contributed by atoms with Crippen molar-refractivity contribution in [2.24, 2.45) is 5.92 Å². The molecule has 2 aromatic carbocycles. The van der Waals surface area contributed by atoms with E-state index in [1.807, 2.05) is 0 Å². The Labute approximate surface area is 146 Å². The first kappa shape index (κ1) is 17.2. The largest absolute Gasteiger partial charge is 0.314 e. The molecule has 0 bridgehead atoms. The number of aryl methyl sites for hydroxylation is 1. The minimum Gasteiger partial charge on any atom is -0.314 e. The van der Waals surface area contributed by atoms with Crippen LogP contribution in [0.4, 0.5) is 0 Å². The molecule has 0 amide bonds. The molecule has 0 spiro atoms. The lowest BCUT2D eigenvalue weighted by atomic mass is 10.0. The van der Waals surface area contributed by atoms with E-state index in [9.17, 15) is 0 Å².